The van der Waals surface area contributed by atoms with E-state index in [1.165, 1.54) is 22.8 Å². The maximum absolute atomic E-state index is 9.54. The molecule has 0 amide bonds. The highest BCUT2D eigenvalue weighted by atomic mass is 15.1. The molecule has 55 heavy (non-hydrogen) atoms. The van der Waals surface area contributed by atoms with Gasteiger partial charge in [0.15, 0.2) is 0 Å². The lowest BCUT2D eigenvalue weighted by atomic mass is 9.84. The molecule has 10 rings (SSSR count). The third-order valence-electron chi connectivity index (χ3n) is 9.48. The summed E-state index contributed by atoms with van der Waals surface area (Å²) in [6.45, 7) is -3.06. The van der Waals surface area contributed by atoms with Crippen molar-refractivity contribution in [2.24, 2.45) is 0 Å². The third kappa shape index (κ3) is 5.80. The number of hydrogen-bond donors (Lipinski definition) is 0. The Morgan fingerprint density at radius 1 is 0.473 bits per heavy atom. The summed E-state index contributed by atoms with van der Waals surface area (Å²) in [5.41, 5.74) is 1.19. The molecule has 0 fully saturated rings. The third-order valence-corrected chi connectivity index (χ3v) is 9.48. The van der Waals surface area contributed by atoms with Crippen molar-refractivity contribution in [1.82, 2.24) is 9.55 Å². The van der Waals surface area contributed by atoms with Crippen LogP contribution in [-0.2, 0) is 6.37 Å². The van der Waals surface area contributed by atoms with Crippen LogP contribution in [0.2, 0.25) is 0 Å². The minimum Gasteiger partial charge on any atom is -0.296 e. The van der Waals surface area contributed by atoms with Crippen molar-refractivity contribution in [1.29, 1.82) is 0 Å². The maximum Gasteiger partial charge on any atom is 0.114 e. The average Bonchev–Trinajstić information content (AvgIpc) is 3.97. The number of fused-ring (bicyclic) bond motifs is 3. The van der Waals surface area contributed by atoms with Crippen LogP contribution in [0.5, 0.6) is 0 Å². The maximum atomic E-state index is 9.54. The van der Waals surface area contributed by atoms with Gasteiger partial charge in [-0.05, 0) is 120 Å². The summed E-state index contributed by atoms with van der Waals surface area (Å²) in [4.78, 5) is 4.39. The molecule has 2 heteroatoms. The SMILES string of the molecule is [2H]c1c([2H])c([2H])c(-c2cc(-c3c([2H])c([2H])c([2H])c([2H])c3[2H])cc(-c3c4c([2H])c([2H])c([2H])c([2H])c4c(-c4ccc(-c5ccc(-n6c(C([2H])([2H])C([2H])([2H])[2H])nc7ccccc76)cc5)cc4)c4c([2H])c([2H])c([2H])c([2H])c34)c2)c([2H])c1[2H]. The van der Waals surface area contributed by atoms with E-state index in [9.17, 15) is 5.48 Å². The van der Waals surface area contributed by atoms with E-state index in [0.29, 0.717) is 27.8 Å². The Balaban J connectivity index is 1.26. The minimum absolute atomic E-state index is 0.0275. The minimum atomic E-state index is -3.06. The first-order valence-electron chi connectivity index (χ1n) is 28.6. The molecule has 0 unspecified atom stereocenters. The second-order valence-corrected chi connectivity index (χ2v) is 12.6. The first-order valence-corrected chi connectivity index (χ1v) is 17.1. The van der Waals surface area contributed by atoms with Gasteiger partial charge in [-0.2, -0.15) is 0 Å². The van der Waals surface area contributed by atoms with E-state index < -0.39 is 133 Å². The van der Waals surface area contributed by atoms with Crippen molar-refractivity contribution >= 4 is 32.6 Å². The zero-order chi connectivity index (χ0) is 56.7. The lowest BCUT2D eigenvalue weighted by Crippen LogP contribution is -1.99. The van der Waals surface area contributed by atoms with E-state index in [0.717, 1.165) is 0 Å². The summed E-state index contributed by atoms with van der Waals surface area (Å²) >= 11 is 0. The molecule has 0 atom stereocenters. The van der Waals surface area contributed by atoms with Gasteiger partial charge >= 0.3 is 0 Å². The Kier molecular flexibility index (Phi) is 4.14. The molecule has 0 aliphatic rings. The van der Waals surface area contributed by atoms with Gasteiger partial charge in [-0.25, -0.2) is 4.98 Å². The summed E-state index contributed by atoms with van der Waals surface area (Å²) < 4.78 is 203. The van der Waals surface area contributed by atoms with Gasteiger partial charge in [0.25, 0.3) is 0 Å². The van der Waals surface area contributed by atoms with Gasteiger partial charge in [-0.3, -0.25) is 4.57 Å². The highest BCUT2D eigenvalue weighted by molar-refractivity contribution is 6.21. The van der Waals surface area contributed by atoms with Crippen molar-refractivity contribution in [3.8, 4) is 61.3 Å². The molecule has 1 heterocycles. The molecule has 0 spiro atoms. The summed E-state index contributed by atoms with van der Waals surface area (Å²) in [5, 5.41) is -0.952. The second kappa shape index (κ2) is 13.7. The van der Waals surface area contributed by atoms with Crippen molar-refractivity contribution in [3.63, 3.8) is 0 Å². The van der Waals surface area contributed by atoms with E-state index in [1.807, 2.05) is 0 Å². The molecule has 1 aromatic heterocycles. The fourth-order valence-corrected chi connectivity index (χ4v) is 7.06. The van der Waals surface area contributed by atoms with Gasteiger partial charge in [0.1, 0.15) is 5.82 Å². The molecule has 0 bridgehead atoms. The van der Waals surface area contributed by atoms with E-state index in [2.05, 4.69) is 4.98 Å². The lowest BCUT2D eigenvalue weighted by molar-refractivity contribution is 0.908. The number of aryl methyl sites for hydroxylation is 1. The quantitative estimate of drug-likeness (QED) is 0.150. The van der Waals surface area contributed by atoms with Gasteiger partial charge in [-0.1, -0.05) is 164 Å². The molecule has 0 saturated carbocycles. The van der Waals surface area contributed by atoms with Crippen LogP contribution in [0.25, 0.3) is 93.9 Å². The molecular weight excluding hydrogens is 665 g/mol. The van der Waals surface area contributed by atoms with E-state index in [1.54, 1.807) is 72.8 Å². The van der Waals surface area contributed by atoms with Gasteiger partial charge in [0, 0.05) is 18.9 Å². The Hall–Kier alpha value is -7.03. The first kappa shape index (κ1) is 16.5. The van der Waals surface area contributed by atoms with Crippen LogP contribution < -0.4 is 0 Å². The first-order chi connectivity index (χ1) is 36.6. The smallest absolute Gasteiger partial charge is 0.114 e. The normalized spacial score (nSPS) is 17.9. The highest BCUT2D eigenvalue weighted by Crippen LogP contribution is 2.45. The number of hydrogen-bond acceptors (Lipinski definition) is 1. The van der Waals surface area contributed by atoms with E-state index in [4.69, 9.17) is 26.0 Å². The second-order valence-electron chi connectivity index (χ2n) is 12.6. The van der Waals surface area contributed by atoms with Gasteiger partial charge < -0.3 is 0 Å². The molecule has 0 N–H and O–H groups in total. The number of para-hydroxylation sites is 2. The molecule has 0 aliphatic carbocycles. The molecule has 0 aliphatic heterocycles. The number of imidazole rings is 1. The molecule has 10 aromatic rings. The monoisotopic (exact) mass is 725 g/mol. The van der Waals surface area contributed by atoms with Crippen LogP contribution in [0.1, 0.15) is 44.2 Å². The summed E-state index contributed by atoms with van der Waals surface area (Å²) in [7, 11) is 0. The summed E-state index contributed by atoms with van der Waals surface area (Å²) in [5.74, 6) is -0.321. The fourth-order valence-electron chi connectivity index (χ4n) is 7.06. The molecular formula is C53H38N2. The zero-order valence-corrected chi connectivity index (χ0v) is 28.6. The van der Waals surface area contributed by atoms with Crippen molar-refractivity contribution in [2.45, 2.75) is 13.2 Å². The predicted molar refractivity (Wildman–Crippen MR) is 233 cm³/mol. The van der Waals surface area contributed by atoms with Gasteiger partial charge in [0.2, 0.25) is 0 Å². The van der Waals surface area contributed by atoms with Crippen LogP contribution in [0.4, 0.5) is 0 Å². The van der Waals surface area contributed by atoms with Gasteiger partial charge in [-0.15, -0.1) is 0 Å². The van der Waals surface area contributed by atoms with Crippen LogP contribution in [0, 0.1) is 0 Å². The Labute approximate surface area is 354 Å². The fraction of sp³-hybridized carbons (Fsp3) is 0.0377. The molecule has 0 radical (unpaired) electrons. The highest BCUT2D eigenvalue weighted by Gasteiger charge is 2.18. The number of nitrogens with zero attached hydrogens (tertiary/aromatic N) is 2. The average molecular weight is 726 g/mol. The van der Waals surface area contributed by atoms with Crippen molar-refractivity contribution in [2.75, 3.05) is 0 Å². The summed E-state index contributed by atoms with van der Waals surface area (Å²) in [6, 6.07) is 11.4. The van der Waals surface area contributed by atoms with Gasteiger partial charge in [0.05, 0.1) is 35.7 Å². The molecule has 2 nitrogen and oxygen atoms in total. The number of rotatable bonds is 7. The Morgan fingerprint density at radius 3 is 1.47 bits per heavy atom. The lowest BCUT2D eigenvalue weighted by Gasteiger charge is -2.19. The van der Waals surface area contributed by atoms with Crippen LogP contribution in [0.3, 0.4) is 0 Å². The summed E-state index contributed by atoms with van der Waals surface area (Å²) in [6.07, 6.45) is -2.84. The number of aromatic nitrogens is 2. The van der Waals surface area contributed by atoms with Crippen molar-refractivity contribution < 1.29 is 31.5 Å². The Morgan fingerprint density at radius 2 is 0.927 bits per heavy atom. The zero-order valence-electron chi connectivity index (χ0n) is 51.6. The Bertz CT molecular complexity index is 4010. The van der Waals surface area contributed by atoms with E-state index in [-0.39, 0.29) is 60.8 Å². The largest absolute Gasteiger partial charge is 0.296 e. The van der Waals surface area contributed by atoms with Crippen LogP contribution in [-0.4, -0.2) is 9.55 Å². The van der Waals surface area contributed by atoms with Crippen LogP contribution >= 0.6 is 0 Å². The topological polar surface area (TPSA) is 17.8 Å². The van der Waals surface area contributed by atoms with Crippen LogP contribution in [0.15, 0.2) is 200 Å². The van der Waals surface area contributed by atoms with E-state index >= 15 is 0 Å². The predicted octanol–water partition coefficient (Wildman–Crippen LogP) is 14.2. The molecule has 0 saturated heterocycles. The van der Waals surface area contributed by atoms with Crippen molar-refractivity contribution in [3.05, 3.63) is 206 Å². The number of benzene rings is 9. The molecule has 9 aromatic carbocycles. The standard InChI is InChI=1S/C53H38N2/c1-2-51-54-49-23-13-14-24-50(49)55(51)44-31-29-39(30-32-44)38-25-27-40(28-26-38)52-45-19-9-11-21-47(45)53(48-22-12-10-20-46(48)52)43-34-41(36-15-5-3-6-16-36)33-42(35-43)37-17-7-4-8-18-37/h3-35H,2H2,1H3/i1D3,2D2,3D,4D,5D,6D,7D,8D,9D,10D,11D,12D,15D,16D,17D,18D,19D,20D,21D,22D. The molecule has 260 valence electrons.